The highest BCUT2D eigenvalue weighted by molar-refractivity contribution is 4.77. The minimum absolute atomic E-state index is 0.231. The smallest absolute Gasteiger partial charge is 0.0801 e. The van der Waals surface area contributed by atoms with E-state index in [1.165, 1.54) is 32.1 Å². The van der Waals surface area contributed by atoms with Gasteiger partial charge in [-0.15, -0.1) is 0 Å². The van der Waals surface area contributed by atoms with E-state index in [4.69, 9.17) is 4.74 Å². The predicted molar refractivity (Wildman–Crippen MR) is 62.9 cm³/mol. The van der Waals surface area contributed by atoms with Gasteiger partial charge in [0.25, 0.3) is 0 Å². The highest BCUT2D eigenvalue weighted by Crippen LogP contribution is 2.32. The molecule has 1 N–H and O–H groups in total. The summed E-state index contributed by atoms with van der Waals surface area (Å²) in [5, 5.41) is 9.99. The van der Waals surface area contributed by atoms with Crippen LogP contribution in [0.4, 0.5) is 0 Å². The third-order valence-corrected chi connectivity index (χ3v) is 3.58. The van der Waals surface area contributed by atoms with Gasteiger partial charge >= 0.3 is 0 Å². The van der Waals surface area contributed by atoms with Gasteiger partial charge in [-0.05, 0) is 31.1 Å². The largest absolute Gasteiger partial charge is 0.390 e. The monoisotopic (exact) mass is 214 g/mol. The zero-order valence-corrected chi connectivity index (χ0v) is 10.2. The molecule has 1 rings (SSSR count). The lowest BCUT2D eigenvalue weighted by atomic mass is 9.78. The molecule has 0 radical (unpaired) electrons. The summed E-state index contributed by atoms with van der Waals surface area (Å²) in [5.41, 5.74) is 0. The van der Waals surface area contributed by atoms with Crippen LogP contribution in [-0.2, 0) is 4.74 Å². The number of ether oxygens (including phenoxy) is 1. The summed E-state index contributed by atoms with van der Waals surface area (Å²) in [4.78, 5) is 0. The Labute approximate surface area is 94.0 Å². The number of aliphatic hydroxyl groups excluding tert-OH is 1. The van der Waals surface area contributed by atoms with E-state index in [0.29, 0.717) is 12.5 Å². The van der Waals surface area contributed by atoms with Crippen LogP contribution in [0.3, 0.4) is 0 Å². The third kappa shape index (κ3) is 4.52. The summed E-state index contributed by atoms with van der Waals surface area (Å²) in [6.07, 6.45) is 7.10. The number of hydrogen-bond donors (Lipinski definition) is 1. The fraction of sp³-hybridized carbons (Fsp3) is 1.00. The molecule has 90 valence electrons. The van der Waals surface area contributed by atoms with Crippen molar-refractivity contribution in [2.45, 2.75) is 58.5 Å². The first-order valence-corrected chi connectivity index (χ1v) is 6.53. The molecule has 2 nitrogen and oxygen atoms in total. The van der Waals surface area contributed by atoms with Gasteiger partial charge in [-0.3, -0.25) is 0 Å². The van der Waals surface area contributed by atoms with E-state index in [0.717, 1.165) is 18.9 Å². The van der Waals surface area contributed by atoms with Crippen molar-refractivity contribution in [2.75, 3.05) is 13.2 Å². The molecular weight excluding hydrogens is 188 g/mol. The fourth-order valence-corrected chi connectivity index (χ4v) is 2.54. The Balaban J connectivity index is 2.22. The summed E-state index contributed by atoms with van der Waals surface area (Å²) in [5.74, 6) is 1.32. The van der Waals surface area contributed by atoms with E-state index in [1.54, 1.807) is 0 Å². The van der Waals surface area contributed by atoms with E-state index in [-0.39, 0.29) is 6.10 Å². The Morgan fingerprint density at radius 2 is 2.13 bits per heavy atom. The maximum Gasteiger partial charge on any atom is 0.0801 e. The van der Waals surface area contributed by atoms with Gasteiger partial charge < -0.3 is 9.84 Å². The minimum Gasteiger partial charge on any atom is -0.390 e. The Morgan fingerprint density at radius 3 is 2.80 bits per heavy atom. The molecule has 0 aromatic rings. The van der Waals surface area contributed by atoms with Crippen LogP contribution in [0.25, 0.3) is 0 Å². The topological polar surface area (TPSA) is 29.5 Å². The highest BCUT2D eigenvalue weighted by atomic mass is 16.5. The third-order valence-electron chi connectivity index (χ3n) is 3.58. The van der Waals surface area contributed by atoms with Gasteiger partial charge in [-0.1, -0.05) is 33.1 Å². The van der Waals surface area contributed by atoms with Crippen LogP contribution < -0.4 is 0 Å². The molecule has 1 fully saturated rings. The lowest BCUT2D eigenvalue weighted by Crippen LogP contribution is -2.30. The van der Waals surface area contributed by atoms with Crippen LogP contribution >= 0.6 is 0 Å². The van der Waals surface area contributed by atoms with E-state index >= 15 is 0 Å². The van der Waals surface area contributed by atoms with E-state index < -0.39 is 0 Å². The normalized spacial score (nSPS) is 29.0. The van der Waals surface area contributed by atoms with Gasteiger partial charge in [0.2, 0.25) is 0 Å². The highest BCUT2D eigenvalue weighted by Gasteiger charge is 2.26. The first-order chi connectivity index (χ1) is 7.27. The standard InChI is InChI=1S/C13H26O2/c1-3-8-15-10-13(14)12-7-5-6-11(4-2)9-12/h11-14H,3-10H2,1-2H3. The zero-order chi connectivity index (χ0) is 11.1. The molecule has 0 spiro atoms. The molecule has 15 heavy (non-hydrogen) atoms. The Kier molecular flexibility index (Phi) is 6.26. The second kappa shape index (κ2) is 7.24. The van der Waals surface area contributed by atoms with Crippen molar-refractivity contribution in [1.29, 1.82) is 0 Å². The molecule has 0 heterocycles. The molecule has 1 saturated carbocycles. The molecule has 0 aromatic heterocycles. The summed E-state index contributed by atoms with van der Waals surface area (Å²) in [7, 11) is 0. The molecule has 2 heteroatoms. The molecule has 0 amide bonds. The molecule has 0 saturated heterocycles. The van der Waals surface area contributed by atoms with Crippen molar-refractivity contribution in [3.63, 3.8) is 0 Å². The first-order valence-electron chi connectivity index (χ1n) is 6.53. The maximum absolute atomic E-state index is 9.99. The van der Waals surface area contributed by atoms with E-state index in [1.807, 2.05) is 0 Å². The van der Waals surface area contributed by atoms with Crippen molar-refractivity contribution in [3.05, 3.63) is 0 Å². The van der Waals surface area contributed by atoms with Gasteiger partial charge in [-0.2, -0.15) is 0 Å². The van der Waals surface area contributed by atoms with Crippen molar-refractivity contribution in [2.24, 2.45) is 11.8 Å². The van der Waals surface area contributed by atoms with Gasteiger partial charge in [-0.25, -0.2) is 0 Å². The predicted octanol–water partition coefficient (Wildman–Crippen LogP) is 2.99. The quantitative estimate of drug-likeness (QED) is 0.689. The second-order valence-electron chi connectivity index (χ2n) is 4.84. The molecule has 0 aliphatic heterocycles. The van der Waals surface area contributed by atoms with Crippen LogP contribution in [-0.4, -0.2) is 24.4 Å². The molecular formula is C13H26O2. The summed E-state index contributed by atoms with van der Waals surface area (Å²) in [6, 6.07) is 0. The number of aliphatic hydroxyl groups is 1. The number of rotatable bonds is 6. The van der Waals surface area contributed by atoms with Crippen molar-refractivity contribution < 1.29 is 9.84 Å². The molecule has 1 aliphatic rings. The molecule has 3 atom stereocenters. The number of hydrogen-bond acceptors (Lipinski definition) is 2. The molecule has 3 unspecified atom stereocenters. The molecule has 1 aliphatic carbocycles. The average Bonchev–Trinajstić information content (AvgIpc) is 2.29. The van der Waals surface area contributed by atoms with Gasteiger partial charge in [0.1, 0.15) is 0 Å². The van der Waals surface area contributed by atoms with Crippen molar-refractivity contribution in [3.8, 4) is 0 Å². The van der Waals surface area contributed by atoms with Crippen LogP contribution in [0.2, 0.25) is 0 Å². The summed E-state index contributed by atoms with van der Waals surface area (Å²) < 4.78 is 5.42. The lowest BCUT2D eigenvalue weighted by Gasteiger charge is -2.31. The minimum atomic E-state index is -0.231. The van der Waals surface area contributed by atoms with Crippen molar-refractivity contribution in [1.82, 2.24) is 0 Å². The van der Waals surface area contributed by atoms with Crippen LogP contribution in [0.15, 0.2) is 0 Å². The summed E-state index contributed by atoms with van der Waals surface area (Å²) in [6.45, 7) is 5.67. The second-order valence-corrected chi connectivity index (χ2v) is 4.84. The van der Waals surface area contributed by atoms with Crippen LogP contribution in [0.1, 0.15) is 52.4 Å². The van der Waals surface area contributed by atoms with E-state index in [2.05, 4.69) is 13.8 Å². The van der Waals surface area contributed by atoms with Crippen LogP contribution in [0, 0.1) is 11.8 Å². The van der Waals surface area contributed by atoms with Crippen LogP contribution in [0.5, 0.6) is 0 Å². The fourth-order valence-electron chi connectivity index (χ4n) is 2.54. The van der Waals surface area contributed by atoms with E-state index in [9.17, 15) is 5.11 Å². The first kappa shape index (κ1) is 13.0. The Hall–Kier alpha value is -0.0800. The summed E-state index contributed by atoms with van der Waals surface area (Å²) >= 11 is 0. The zero-order valence-electron chi connectivity index (χ0n) is 10.2. The molecule has 0 bridgehead atoms. The Bertz CT molecular complexity index is 159. The average molecular weight is 214 g/mol. The SMILES string of the molecule is CCCOCC(O)C1CCCC(CC)C1. The van der Waals surface area contributed by atoms with Gasteiger partial charge in [0.15, 0.2) is 0 Å². The van der Waals surface area contributed by atoms with Gasteiger partial charge in [0.05, 0.1) is 12.7 Å². The van der Waals surface area contributed by atoms with Crippen molar-refractivity contribution >= 4 is 0 Å². The maximum atomic E-state index is 9.99. The lowest BCUT2D eigenvalue weighted by molar-refractivity contribution is -0.0112. The van der Waals surface area contributed by atoms with Gasteiger partial charge in [0, 0.05) is 6.61 Å². The molecule has 0 aromatic carbocycles. The Morgan fingerprint density at radius 1 is 1.33 bits per heavy atom.